The topological polar surface area (TPSA) is 9.23 Å². The molecule has 0 amide bonds. The Morgan fingerprint density at radius 3 is 2.50 bits per heavy atom. The fourth-order valence-corrected chi connectivity index (χ4v) is 0.865. The van der Waals surface area contributed by atoms with Gasteiger partial charge in [-0.2, -0.15) is 0 Å². The zero-order valence-corrected chi connectivity index (χ0v) is 7.23. The maximum atomic E-state index is 4.93. The molecule has 0 aromatic carbocycles. The molecule has 10 heavy (non-hydrogen) atoms. The Morgan fingerprint density at radius 1 is 1.20 bits per heavy atom. The number of ether oxygens (including phenoxy) is 1. The lowest BCUT2D eigenvalue weighted by atomic mass is 10.1. The summed E-state index contributed by atoms with van der Waals surface area (Å²) in [6.45, 7) is 3.13. The molecule has 0 aromatic heterocycles. The first-order chi connectivity index (χ1) is 4.91. The Bertz CT molecular complexity index is 44.7. The molecule has 61 valence electrons. The highest BCUT2D eigenvalue weighted by molar-refractivity contribution is 4.63. The van der Waals surface area contributed by atoms with Crippen LogP contribution in [-0.4, -0.2) is 13.7 Å². The zero-order valence-electron chi connectivity index (χ0n) is 7.23. The van der Waals surface area contributed by atoms with Crippen LogP contribution in [0.2, 0.25) is 0 Å². The van der Waals surface area contributed by atoms with Crippen molar-refractivity contribution in [2.75, 3.05) is 13.7 Å². The van der Waals surface area contributed by atoms with Crippen LogP contribution in [0.3, 0.4) is 0 Å². The van der Waals surface area contributed by atoms with Gasteiger partial charge in [0, 0.05) is 13.7 Å². The summed E-state index contributed by atoms with van der Waals surface area (Å²) in [5.74, 6) is 0. The summed E-state index contributed by atoms with van der Waals surface area (Å²) in [5, 5.41) is 0. The summed E-state index contributed by atoms with van der Waals surface area (Å²) in [4.78, 5) is 0. The van der Waals surface area contributed by atoms with Crippen molar-refractivity contribution >= 4 is 0 Å². The SMILES string of the molecule is CCCC[CH]CCCOC. The minimum absolute atomic E-state index is 0.905. The molecule has 0 spiro atoms. The summed E-state index contributed by atoms with van der Waals surface area (Å²) in [6.07, 6.45) is 8.69. The van der Waals surface area contributed by atoms with Gasteiger partial charge >= 0.3 is 0 Å². The standard InChI is InChI=1S/C9H19O/c1-3-4-5-6-7-8-9-10-2/h6H,3-5,7-9H2,1-2H3. The Balaban J connectivity index is 2.65. The smallest absolute Gasteiger partial charge is 0.0462 e. The Hall–Kier alpha value is -0.0400. The summed E-state index contributed by atoms with van der Waals surface area (Å²) >= 11 is 0. The molecule has 0 atom stereocenters. The predicted octanol–water partition coefficient (Wildman–Crippen LogP) is 2.81. The molecule has 0 aliphatic carbocycles. The van der Waals surface area contributed by atoms with Gasteiger partial charge in [0.2, 0.25) is 0 Å². The minimum Gasteiger partial charge on any atom is -0.385 e. The Kier molecular flexibility index (Phi) is 8.92. The van der Waals surface area contributed by atoms with Crippen molar-refractivity contribution in [1.82, 2.24) is 0 Å². The number of unbranched alkanes of at least 4 members (excludes halogenated alkanes) is 5. The molecule has 0 fully saturated rings. The third kappa shape index (κ3) is 7.96. The largest absolute Gasteiger partial charge is 0.385 e. The summed E-state index contributed by atoms with van der Waals surface area (Å²) in [6, 6.07) is 0. The molecule has 0 saturated heterocycles. The van der Waals surface area contributed by atoms with Gasteiger partial charge in [0.15, 0.2) is 0 Å². The van der Waals surface area contributed by atoms with Crippen molar-refractivity contribution in [2.45, 2.75) is 39.0 Å². The van der Waals surface area contributed by atoms with Crippen LogP contribution >= 0.6 is 0 Å². The second-order valence-corrected chi connectivity index (χ2v) is 2.57. The molecule has 0 saturated carbocycles. The molecule has 0 aliphatic heterocycles. The molecule has 0 unspecified atom stereocenters. The van der Waals surface area contributed by atoms with E-state index in [0.717, 1.165) is 6.61 Å². The zero-order chi connectivity index (χ0) is 7.66. The van der Waals surface area contributed by atoms with Crippen molar-refractivity contribution in [3.05, 3.63) is 6.42 Å². The van der Waals surface area contributed by atoms with Gasteiger partial charge in [-0.05, 0) is 19.3 Å². The number of hydrogen-bond acceptors (Lipinski definition) is 1. The summed E-state index contributed by atoms with van der Waals surface area (Å²) in [7, 11) is 1.76. The quantitative estimate of drug-likeness (QED) is 0.498. The van der Waals surface area contributed by atoms with Gasteiger partial charge in [0.25, 0.3) is 0 Å². The van der Waals surface area contributed by atoms with E-state index in [4.69, 9.17) is 4.74 Å². The van der Waals surface area contributed by atoms with Gasteiger partial charge < -0.3 is 4.74 Å². The normalized spacial score (nSPS) is 10.2. The lowest BCUT2D eigenvalue weighted by molar-refractivity contribution is 0.194. The van der Waals surface area contributed by atoms with E-state index < -0.39 is 0 Å². The number of rotatable bonds is 7. The first-order valence-electron chi connectivity index (χ1n) is 4.22. The lowest BCUT2D eigenvalue weighted by Gasteiger charge is -1.98. The molecular weight excluding hydrogens is 124 g/mol. The van der Waals surface area contributed by atoms with Crippen LogP contribution in [0.5, 0.6) is 0 Å². The van der Waals surface area contributed by atoms with Crippen molar-refractivity contribution < 1.29 is 4.74 Å². The van der Waals surface area contributed by atoms with Crippen LogP contribution in [0.1, 0.15) is 39.0 Å². The van der Waals surface area contributed by atoms with Crippen LogP contribution in [-0.2, 0) is 4.74 Å². The van der Waals surface area contributed by atoms with Gasteiger partial charge in [-0.1, -0.05) is 26.2 Å². The molecule has 1 radical (unpaired) electrons. The Morgan fingerprint density at radius 2 is 1.90 bits per heavy atom. The van der Waals surface area contributed by atoms with Gasteiger partial charge in [0.05, 0.1) is 0 Å². The predicted molar refractivity (Wildman–Crippen MR) is 44.9 cm³/mol. The van der Waals surface area contributed by atoms with Gasteiger partial charge in [0.1, 0.15) is 0 Å². The monoisotopic (exact) mass is 143 g/mol. The lowest BCUT2D eigenvalue weighted by Crippen LogP contribution is -1.88. The number of hydrogen-bond donors (Lipinski definition) is 0. The van der Waals surface area contributed by atoms with E-state index in [-0.39, 0.29) is 0 Å². The van der Waals surface area contributed by atoms with E-state index in [2.05, 4.69) is 13.3 Å². The molecule has 0 aromatic rings. The average molecular weight is 143 g/mol. The Labute approximate surface area is 64.8 Å². The highest BCUT2D eigenvalue weighted by atomic mass is 16.5. The third-order valence-corrected chi connectivity index (χ3v) is 1.52. The molecule has 0 N–H and O–H groups in total. The van der Waals surface area contributed by atoms with Crippen LogP contribution in [0.4, 0.5) is 0 Å². The van der Waals surface area contributed by atoms with E-state index in [0.29, 0.717) is 0 Å². The average Bonchev–Trinajstić information content (AvgIpc) is 1.97. The fourth-order valence-electron chi connectivity index (χ4n) is 0.865. The second-order valence-electron chi connectivity index (χ2n) is 2.57. The van der Waals surface area contributed by atoms with E-state index >= 15 is 0 Å². The molecule has 0 heterocycles. The maximum absolute atomic E-state index is 4.93. The van der Waals surface area contributed by atoms with E-state index in [1.54, 1.807) is 7.11 Å². The molecule has 0 aliphatic rings. The van der Waals surface area contributed by atoms with E-state index in [1.807, 2.05) is 0 Å². The second kappa shape index (κ2) is 8.96. The van der Waals surface area contributed by atoms with Crippen LogP contribution in [0.15, 0.2) is 0 Å². The molecule has 0 rings (SSSR count). The number of methoxy groups -OCH3 is 1. The van der Waals surface area contributed by atoms with Crippen LogP contribution in [0, 0.1) is 6.42 Å². The van der Waals surface area contributed by atoms with Crippen LogP contribution < -0.4 is 0 Å². The van der Waals surface area contributed by atoms with Crippen molar-refractivity contribution in [2.24, 2.45) is 0 Å². The molecule has 1 nitrogen and oxygen atoms in total. The first-order valence-corrected chi connectivity index (χ1v) is 4.22. The van der Waals surface area contributed by atoms with E-state index in [9.17, 15) is 0 Å². The van der Waals surface area contributed by atoms with E-state index in [1.165, 1.54) is 32.1 Å². The van der Waals surface area contributed by atoms with Crippen molar-refractivity contribution in [3.63, 3.8) is 0 Å². The third-order valence-electron chi connectivity index (χ3n) is 1.52. The van der Waals surface area contributed by atoms with Crippen molar-refractivity contribution in [1.29, 1.82) is 0 Å². The first kappa shape index (κ1) is 9.96. The van der Waals surface area contributed by atoms with Crippen LogP contribution in [0.25, 0.3) is 0 Å². The minimum atomic E-state index is 0.905. The van der Waals surface area contributed by atoms with Gasteiger partial charge in [-0.25, -0.2) is 0 Å². The highest BCUT2D eigenvalue weighted by Crippen LogP contribution is 2.02. The highest BCUT2D eigenvalue weighted by Gasteiger charge is 1.88. The maximum Gasteiger partial charge on any atom is 0.0462 e. The summed E-state index contributed by atoms with van der Waals surface area (Å²) < 4.78 is 4.93. The molecular formula is C9H19O. The van der Waals surface area contributed by atoms with Gasteiger partial charge in [-0.3, -0.25) is 0 Å². The molecule has 1 heteroatoms. The van der Waals surface area contributed by atoms with Crippen molar-refractivity contribution in [3.8, 4) is 0 Å². The molecule has 0 bridgehead atoms. The van der Waals surface area contributed by atoms with Gasteiger partial charge in [-0.15, -0.1) is 0 Å². The fraction of sp³-hybridized carbons (Fsp3) is 0.889. The summed E-state index contributed by atoms with van der Waals surface area (Å²) in [5.41, 5.74) is 0.